The zero-order chi connectivity index (χ0) is 38.5. The van der Waals surface area contributed by atoms with E-state index in [-0.39, 0.29) is 0 Å². The standard InChI is InChI=1S/C42H68O2S2.5CH3.2Sn/c1-5-9-13-17-19-23-27-35(25-21-15-11-7-3)33-43-39-37-29-31-46-42(37)40(38-30-32-45-41(38)39)44-34-36(26-22-16-12-8-4)28-24-20-18-14-10-6-2;;;;;;;/h29-30,35-36H,5-28,33-34H2,1-4H3;5*1H3;;. The number of rotatable bonds is 32. The van der Waals surface area contributed by atoms with Crippen molar-refractivity contribution in [2.45, 2.75) is 206 Å². The molecule has 2 atom stereocenters. The van der Waals surface area contributed by atoms with Gasteiger partial charge in [0.2, 0.25) is 0 Å². The monoisotopic (exact) mass is 983 g/mol. The Morgan fingerprint density at radius 1 is 0.509 bits per heavy atom. The van der Waals surface area contributed by atoms with Crippen molar-refractivity contribution in [3.63, 3.8) is 0 Å². The molecule has 3 rings (SSSR count). The maximum atomic E-state index is 7.22. The van der Waals surface area contributed by atoms with Gasteiger partial charge in [-0.15, -0.1) is 0 Å². The van der Waals surface area contributed by atoms with Gasteiger partial charge in [-0.05, 0) is 0 Å². The van der Waals surface area contributed by atoms with E-state index in [0.29, 0.717) is 11.8 Å². The average molecular weight is 982 g/mol. The Labute approximate surface area is 348 Å². The fraction of sp³-hybridized carbons (Fsp3) is 0.787. The van der Waals surface area contributed by atoms with Crippen molar-refractivity contribution in [3.05, 3.63) is 12.1 Å². The molecule has 3 aromatic rings. The number of benzene rings is 1. The van der Waals surface area contributed by atoms with Crippen LogP contribution in [0.2, 0.25) is 24.7 Å². The van der Waals surface area contributed by atoms with E-state index in [9.17, 15) is 0 Å². The van der Waals surface area contributed by atoms with Gasteiger partial charge in [0.25, 0.3) is 0 Å². The summed E-state index contributed by atoms with van der Waals surface area (Å²) in [6.45, 7) is 11.0. The first-order chi connectivity index (χ1) is 25.6. The Morgan fingerprint density at radius 2 is 0.868 bits per heavy atom. The Balaban J connectivity index is 1.95. The van der Waals surface area contributed by atoms with E-state index < -0.39 is 38.1 Å². The first-order valence-corrected chi connectivity index (χ1v) is 41.5. The van der Waals surface area contributed by atoms with Gasteiger partial charge in [-0.25, -0.2) is 0 Å². The summed E-state index contributed by atoms with van der Waals surface area (Å²) in [6.07, 6.45) is 32.5. The topological polar surface area (TPSA) is 18.5 Å². The zero-order valence-electron chi connectivity index (χ0n) is 36.3. The third-order valence-corrected chi connectivity index (χ3v) is 29.7. The average Bonchev–Trinajstić information content (AvgIpc) is 3.78. The first-order valence-electron chi connectivity index (χ1n) is 22.7. The summed E-state index contributed by atoms with van der Waals surface area (Å²) in [5.41, 5.74) is 0. The SMILES string of the molecule is CCCCCCCCC(CCCCCC)COc1c2c[c]([Sn]([CH3])([CH3])[CH3])sc2c(OCC(CCCCCC)CCCCCCCC)c2c[c]([Sn]([CH3])[CH3])sc12. The second-order valence-electron chi connectivity index (χ2n) is 17.8. The molecular weight excluding hydrogens is 898 g/mol. The summed E-state index contributed by atoms with van der Waals surface area (Å²) in [7, 11) is 0. The second-order valence-corrected chi connectivity index (χ2v) is 43.6. The molecule has 2 unspecified atom stereocenters. The predicted molar refractivity (Wildman–Crippen MR) is 249 cm³/mol. The van der Waals surface area contributed by atoms with Gasteiger partial charge in [0.15, 0.2) is 0 Å². The Morgan fingerprint density at radius 3 is 1.26 bits per heavy atom. The van der Waals surface area contributed by atoms with Crippen LogP contribution in [-0.4, -0.2) is 51.4 Å². The number of hydrogen-bond donors (Lipinski definition) is 0. The van der Waals surface area contributed by atoms with Crippen LogP contribution in [-0.2, 0) is 0 Å². The van der Waals surface area contributed by atoms with Crippen LogP contribution in [0.25, 0.3) is 20.2 Å². The van der Waals surface area contributed by atoms with Crippen molar-refractivity contribution in [2.24, 2.45) is 11.8 Å². The van der Waals surface area contributed by atoms with Crippen molar-refractivity contribution in [1.29, 1.82) is 0 Å². The number of hydrogen-bond acceptors (Lipinski definition) is 4. The van der Waals surface area contributed by atoms with Gasteiger partial charge in [0.1, 0.15) is 0 Å². The molecule has 2 nitrogen and oxygen atoms in total. The van der Waals surface area contributed by atoms with Crippen LogP contribution < -0.4 is 15.3 Å². The van der Waals surface area contributed by atoms with E-state index in [4.69, 9.17) is 9.47 Å². The number of fused-ring (bicyclic) bond motifs is 2. The van der Waals surface area contributed by atoms with Gasteiger partial charge in [-0.1, -0.05) is 53.4 Å². The number of ether oxygens (including phenoxy) is 2. The molecule has 0 N–H and O–H groups in total. The molecule has 303 valence electrons. The van der Waals surface area contributed by atoms with E-state index in [1.165, 1.54) is 186 Å². The molecule has 0 aliphatic carbocycles. The third-order valence-electron chi connectivity index (χ3n) is 11.4. The minimum absolute atomic E-state index is 0.650. The summed E-state index contributed by atoms with van der Waals surface area (Å²) in [6, 6.07) is 5.15. The van der Waals surface area contributed by atoms with E-state index >= 15 is 0 Å². The van der Waals surface area contributed by atoms with Gasteiger partial charge in [-0.2, -0.15) is 0 Å². The van der Waals surface area contributed by atoms with Crippen LogP contribution in [0.15, 0.2) is 12.1 Å². The van der Waals surface area contributed by atoms with Crippen LogP contribution in [0.1, 0.15) is 182 Å². The normalized spacial score (nSPS) is 13.5. The minimum atomic E-state index is -2.36. The summed E-state index contributed by atoms with van der Waals surface area (Å²) in [5, 5.41) is 2.73. The second kappa shape index (κ2) is 27.1. The Kier molecular flexibility index (Phi) is 24.4. The molecule has 1 aromatic carbocycles. The van der Waals surface area contributed by atoms with Gasteiger partial charge >= 0.3 is 298 Å². The summed E-state index contributed by atoms with van der Waals surface area (Å²) < 4.78 is 20.5. The molecule has 0 saturated heterocycles. The predicted octanol–water partition coefficient (Wildman–Crippen LogP) is 16.1. The van der Waals surface area contributed by atoms with Crippen LogP contribution in [0.4, 0.5) is 0 Å². The van der Waals surface area contributed by atoms with Crippen molar-refractivity contribution in [3.8, 4) is 11.5 Å². The van der Waals surface area contributed by atoms with Crippen LogP contribution in [0.5, 0.6) is 11.5 Å². The van der Waals surface area contributed by atoms with Gasteiger partial charge in [0.05, 0.1) is 0 Å². The summed E-state index contributed by atoms with van der Waals surface area (Å²) >= 11 is 0.166. The molecule has 0 bridgehead atoms. The van der Waals surface area contributed by atoms with E-state index in [1.54, 1.807) is 5.79 Å². The quantitative estimate of drug-likeness (QED) is 0.0458. The zero-order valence-corrected chi connectivity index (χ0v) is 43.7. The molecule has 0 spiro atoms. The molecule has 0 amide bonds. The molecule has 0 aliphatic rings. The molecule has 53 heavy (non-hydrogen) atoms. The molecule has 0 saturated carbocycles. The van der Waals surface area contributed by atoms with Crippen molar-refractivity contribution in [2.75, 3.05) is 13.2 Å². The molecule has 2 aromatic heterocycles. The fourth-order valence-electron chi connectivity index (χ4n) is 7.77. The van der Waals surface area contributed by atoms with Crippen molar-refractivity contribution in [1.82, 2.24) is 0 Å². The van der Waals surface area contributed by atoms with E-state index in [0.717, 1.165) is 13.2 Å². The Hall–Kier alpha value is 0.337. The van der Waals surface area contributed by atoms with Crippen molar-refractivity contribution >= 4 is 86.8 Å². The van der Waals surface area contributed by atoms with Crippen LogP contribution in [0, 0.1) is 11.8 Å². The summed E-state index contributed by atoms with van der Waals surface area (Å²) in [5.74, 6) is 3.70. The molecule has 0 fully saturated rings. The third kappa shape index (κ3) is 17.0. The molecular formula is C47H83O2S2Sn2. The van der Waals surface area contributed by atoms with Gasteiger partial charge in [0, 0.05) is 0 Å². The molecule has 1 radical (unpaired) electrons. The van der Waals surface area contributed by atoms with Gasteiger partial charge < -0.3 is 0 Å². The van der Waals surface area contributed by atoms with Crippen LogP contribution in [0.3, 0.4) is 0 Å². The van der Waals surface area contributed by atoms with Gasteiger partial charge in [-0.3, -0.25) is 0 Å². The van der Waals surface area contributed by atoms with E-state index in [1.807, 2.05) is 0 Å². The summed E-state index contributed by atoms with van der Waals surface area (Å²) in [4.78, 5) is 12.8. The first kappa shape index (κ1) is 47.7. The molecule has 0 aliphatic heterocycles. The fourth-order valence-corrected chi connectivity index (χ4v) is 19.1. The molecule has 6 heteroatoms. The Bertz CT molecular complexity index is 1300. The van der Waals surface area contributed by atoms with E-state index in [2.05, 4.69) is 87.2 Å². The number of thiophene rings is 2. The maximum absolute atomic E-state index is 7.22. The molecule has 2 heterocycles. The van der Waals surface area contributed by atoms with Crippen LogP contribution >= 0.6 is 22.7 Å². The van der Waals surface area contributed by atoms with Crippen molar-refractivity contribution < 1.29 is 9.47 Å². The number of unbranched alkanes of at least 4 members (excludes halogenated alkanes) is 16.